The van der Waals surface area contributed by atoms with Gasteiger partial charge in [-0.2, -0.15) is 0 Å². The molecule has 2 heterocycles. The van der Waals surface area contributed by atoms with Crippen LogP contribution in [0.25, 0.3) is 0 Å². The van der Waals surface area contributed by atoms with Crippen LogP contribution in [0.1, 0.15) is 52.7 Å². The van der Waals surface area contributed by atoms with Gasteiger partial charge in [0.25, 0.3) is 5.91 Å². The normalized spacial score (nSPS) is 18.9. The lowest BCUT2D eigenvalue weighted by Crippen LogP contribution is -2.24. The van der Waals surface area contributed by atoms with Gasteiger partial charge in [0, 0.05) is 24.9 Å². The third kappa shape index (κ3) is 2.71. The molecule has 0 bridgehead atoms. The Bertz CT molecular complexity index is 751. The summed E-state index contributed by atoms with van der Waals surface area (Å²) in [6.07, 6.45) is 5.13. The second-order valence-electron chi connectivity index (χ2n) is 6.40. The Labute approximate surface area is 135 Å². The molecule has 2 aromatic rings. The smallest absolute Gasteiger partial charge is 0.274 e. The van der Waals surface area contributed by atoms with E-state index in [9.17, 15) is 4.79 Å². The maximum atomic E-state index is 12.4. The van der Waals surface area contributed by atoms with E-state index in [2.05, 4.69) is 23.5 Å². The number of fused-ring (bicyclic) bond motifs is 2. The number of carbonyl (C=O) groups is 1. The van der Waals surface area contributed by atoms with Crippen LogP contribution in [0.3, 0.4) is 0 Å². The van der Waals surface area contributed by atoms with Crippen molar-refractivity contribution in [2.45, 2.75) is 51.7 Å². The fraction of sp³-hybridized carbons (Fsp3) is 0.444. The van der Waals surface area contributed by atoms with Crippen molar-refractivity contribution in [1.29, 1.82) is 0 Å². The van der Waals surface area contributed by atoms with Crippen LogP contribution in [0.4, 0.5) is 0 Å². The number of hydrogen-bond donors (Lipinski definition) is 1. The molecule has 120 valence electrons. The maximum Gasteiger partial charge on any atom is 0.274 e. The zero-order valence-electron chi connectivity index (χ0n) is 13.2. The number of hydrogen-bond acceptors (Lipinski definition) is 4. The lowest BCUT2D eigenvalue weighted by Gasteiger charge is -2.09. The third-order valence-corrected chi connectivity index (χ3v) is 4.58. The van der Waals surface area contributed by atoms with E-state index in [0.29, 0.717) is 12.2 Å². The molecule has 1 aliphatic carbocycles. The molecule has 2 aliphatic rings. The molecule has 0 radical (unpaired) electrons. The van der Waals surface area contributed by atoms with E-state index < -0.39 is 0 Å². The molecule has 1 amide bonds. The molecule has 23 heavy (non-hydrogen) atoms. The number of aryl methyl sites for hydroxylation is 1. The van der Waals surface area contributed by atoms with E-state index in [1.165, 1.54) is 5.56 Å². The molecular formula is C18H20N2O3. The van der Waals surface area contributed by atoms with Crippen molar-refractivity contribution in [2.75, 3.05) is 0 Å². The van der Waals surface area contributed by atoms with Gasteiger partial charge in [0.2, 0.25) is 0 Å². The number of nitrogens with one attached hydrogen (secondary N) is 1. The van der Waals surface area contributed by atoms with Crippen LogP contribution >= 0.6 is 0 Å². The summed E-state index contributed by atoms with van der Waals surface area (Å²) in [7, 11) is 0. The SMILES string of the molecule is CC1Cc2cc(CNC(=O)c3noc4c3CCCC4)ccc2O1. The van der Waals surface area contributed by atoms with Crippen molar-refractivity contribution in [3.8, 4) is 5.75 Å². The van der Waals surface area contributed by atoms with Crippen LogP contribution in [0.15, 0.2) is 22.7 Å². The number of nitrogens with zero attached hydrogens (tertiary/aromatic N) is 1. The monoisotopic (exact) mass is 312 g/mol. The molecule has 4 rings (SSSR count). The van der Waals surface area contributed by atoms with Crippen LogP contribution in [0.2, 0.25) is 0 Å². The molecule has 0 spiro atoms. The molecule has 0 saturated heterocycles. The van der Waals surface area contributed by atoms with E-state index >= 15 is 0 Å². The fourth-order valence-corrected chi connectivity index (χ4v) is 3.41. The number of rotatable bonds is 3. The van der Waals surface area contributed by atoms with Crippen LogP contribution < -0.4 is 10.1 Å². The number of ether oxygens (including phenoxy) is 1. The summed E-state index contributed by atoms with van der Waals surface area (Å²) in [6, 6.07) is 6.09. The van der Waals surface area contributed by atoms with Gasteiger partial charge in [0.1, 0.15) is 17.6 Å². The molecule has 0 saturated carbocycles. The zero-order valence-corrected chi connectivity index (χ0v) is 13.2. The highest BCUT2D eigenvalue weighted by atomic mass is 16.5. The second-order valence-corrected chi connectivity index (χ2v) is 6.40. The van der Waals surface area contributed by atoms with Crippen molar-refractivity contribution in [3.63, 3.8) is 0 Å². The molecule has 1 aliphatic heterocycles. The van der Waals surface area contributed by atoms with Gasteiger partial charge in [-0.1, -0.05) is 17.3 Å². The molecule has 1 unspecified atom stereocenters. The number of benzene rings is 1. The third-order valence-electron chi connectivity index (χ3n) is 4.58. The van der Waals surface area contributed by atoms with Gasteiger partial charge < -0.3 is 14.6 Å². The van der Waals surface area contributed by atoms with Gasteiger partial charge in [0.15, 0.2) is 5.69 Å². The van der Waals surface area contributed by atoms with Crippen LogP contribution in [-0.4, -0.2) is 17.2 Å². The zero-order chi connectivity index (χ0) is 15.8. The average molecular weight is 312 g/mol. The highest BCUT2D eigenvalue weighted by Gasteiger charge is 2.24. The fourth-order valence-electron chi connectivity index (χ4n) is 3.41. The van der Waals surface area contributed by atoms with Gasteiger partial charge in [-0.25, -0.2) is 0 Å². The summed E-state index contributed by atoms with van der Waals surface area (Å²) in [5.74, 6) is 1.69. The molecular weight excluding hydrogens is 292 g/mol. The Morgan fingerprint density at radius 1 is 1.35 bits per heavy atom. The van der Waals surface area contributed by atoms with Crippen LogP contribution in [0.5, 0.6) is 5.75 Å². The maximum absolute atomic E-state index is 12.4. The van der Waals surface area contributed by atoms with Crippen LogP contribution in [0, 0.1) is 0 Å². The number of aromatic nitrogens is 1. The number of carbonyl (C=O) groups excluding carboxylic acids is 1. The van der Waals surface area contributed by atoms with E-state index in [0.717, 1.165) is 54.7 Å². The molecule has 0 fully saturated rings. The standard InChI is InChI=1S/C18H20N2O3/c1-11-8-13-9-12(6-7-15(13)22-11)10-19-18(21)17-14-4-2-3-5-16(14)23-20-17/h6-7,9,11H,2-5,8,10H2,1H3,(H,19,21). The van der Waals surface area contributed by atoms with Gasteiger partial charge in [0.05, 0.1) is 0 Å². The first-order valence-corrected chi connectivity index (χ1v) is 8.25. The number of amides is 1. The predicted molar refractivity (Wildman–Crippen MR) is 84.6 cm³/mol. The van der Waals surface area contributed by atoms with Crippen molar-refractivity contribution in [3.05, 3.63) is 46.3 Å². The van der Waals surface area contributed by atoms with Crippen LogP contribution in [-0.2, 0) is 25.8 Å². The lowest BCUT2D eigenvalue weighted by atomic mass is 9.96. The predicted octanol–water partition coefficient (Wildman–Crippen LogP) is 2.81. The lowest BCUT2D eigenvalue weighted by molar-refractivity contribution is 0.0941. The van der Waals surface area contributed by atoms with E-state index in [-0.39, 0.29) is 12.0 Å². The first kappa shape index (κ1) is 14.3. The summed E-state index contributed by atoms with van der Waals surface area (Å²) in [6.45, 7) is 2.55. The first-order valence-electron chi connectivity index (χ1n) is 8.25. The molecule has 5 nitrogen and oxygen atoms in total. The Morgan fingerprint density at radius 2 is 2.22 bits per heavy atom. The summed E-state index contributed by atoms with van der Waals surface area (Å²) in [4.78, 5) is 12.4. The summed E-state index contributed by atoms with van der Waals surface area (Å²) >= 11 is 0. The first-order chi connectivity index (χ1) is 11.2. The van der Waals surface area contributed by atoms with Gasteiger partial charge in [-0.15, -0.1) is 0 Å². The minimum atomic E-state index is -0.151. The van der Waals surface area contributed by atoms with Gasteiger partial charge in [-0.05, 0) is 43.4 Å². The molecule has 1 atom stereocenters. The van der Waals surface area contributed by atoms with Crippen molar-refractivity contribution < 1.29 is 14.1 Å². The second kappa shape index (κ2) is 5.72. The van der Waals surface area contributed by atoms with Crippen molar-refractivity contribution >= 4 is 5.91 Å². The van der Waals surface area contributed by atoms with Crippen molar-refractivity contribution in [2.24, 2.45) is 0 Å². The highest BCUT2D eigenvalue weighted by Crippen LogP contribution is 2.29. The molecule has 1 aromatic carbocycles. The van der Waals surface area contributed by atoms with E-state index in [4.69, 9.17) is 9.26 Å². The topological polar surface area (TPSA) is 64.4 Å². The largest absolute Gasteiger partial charge is 0.490 e. The minimum Gasteiger partial charge on any atom is -0.490 e. The van der Waals surface area contributed by atoms with Crippen molar-refractivity contribution in [1.82, 2.24) is 10.5 Å². The minimum absolute atomic E-state index is 0.151. The Hall–Kier alpha value is -2.30. The quantitative estimate of drug-likeness (QED) is 0.946. The Morgan fingerprint density at radius 3 is 3.13 bits per heavy atom. The Balaban J connectivity index is 1.44. The van der Waals surface area contributed by atoms with E-state index in [1.807, 2.05) is 12.1 Å². The molecule has 1 aromatic heterocycles. The summed E-state index contributed by atoms with van der Waals surface area (Å²) in [5, 5.41) is 6.92. The highest BCUT2D eigenvalue weighted by molar-refractivity contribution is 5.93. The van der Waals surface area contributed by atoms with Gasteiger partial charge >= 0.3 is 0 Å². The molecule has 5 heteroatoms. The molecule has 1 N–H and O–H groups in total. The summed E-state index contributed by atoms with van der Waals surface area (Å²) < 4.78 is 11.0. The average Bonchev–Trinajstić information content (AvgIpc) is 3.14. The van der Waals surface area contributed by atoms with Gasteiger partial charge in [-0.3, -0.25) is 4.79 Å². The van der Waals surface area contributed by atoms with E-state index in [1.54, 1.807) is 0 Å². The Kier molecular flexibility index (Phi) is 3.56. The summed E-state index contributed by atoms with van der Waals surface area (Å²) in [5.41, 5.74) is 3.73.